The smallest absolute Gasteiger partial charge is 0.407 e. The zero-order chi connectivity index (χ0) is 33.4. The van der Waals surface area contributed by atoms with Crippen molar-refractivity contribution in [1.82, 2.24) is 19.3 Å². The molecule has 3 heterocycles. The van der Waals surface area contributed by atoms with Crippen molar-refractivity contribution in [1.29, 1.82) is 0 Å². The van der Waals surface area contributed by atoms with Crippen LogP contribution >= 0.6 is 0 Å². The number of hydrogen-bond acceptors (Lipinski definition) is 4. The van der Waals surface area contributed by atoms with Crippen LogP contribution in [0.3, 0.4) is 0 Å². The van der Waals surface area contributed by atoms with Crippen LogP contribution < -0.4 is 4.90 Å². The summed E-state index contributed by atoms with van der Waals surface area (Å²) in [5.41, 5.74) is 8.54. The van der Waals surface area contributed by atoms with Gasteiger partial charge in [-0.15, -0.1) is 0 Å². The van der Waals surface area contributed by atoms with Crippen LogP contribution in [-0.4, -0.2) is 82.1 Å². The Morgan fingerprint density at radius 3 is 2.26 bits per heavy atom. The fourth-order valence-corrected chi connectivity index (χ4v) is 6.84. The summed E-state index contributed by atoms with van der Waals surface area (Å²) in [5.74, 6) is -0.192. The number of hydrogen-bond donors (Lipinski definition) is 1. The Morgan fingerprint density at radius 2 is 1.55 bits per heavy atom. The molecular formula is C38H43N5O4. The number of rotatable bonds is 7. The van der Waals surface area contributed by atoms with Gasteiger partial charge in [-0.3, -0.25) is 9.59 Å². The molecule has 47 heavy (non-hydrogen) atoms. The molecule has 1 N–H and O–H groups in total. The standard InChI is InChI=1S/C38H43N5O4/c1-25-19-27-11-9-10-12-29(27)24-43(25)37(45)34-21-30-23-41(38(46)47)16-15-28(30)20-33(34)35-22-32(26(2)40(35)5)36(44)42(18-17-39(3)4)31-13-7-6-8-14-31/h6-14,20-22,25H,15-19,23-24H2,1-5H3,(H,46,47)/t25-/m1/s1. The van der Waals surface area contributed by atoms with Crippen LogP contribution in [0.2, 0.25) is 0 Å². The maximum absolute atomic E-state index is 14.6. The Labute approximate surface area is 276 Å². The largest absolute Gasteiger partial charge is 0.465 e. The molecule has 0 fully saturated rings. The summed E-state index contributed by atoms with van der Waals surface area (Å²) >= 11 is 0. The molecule has 244 valence electrons. The van der Waals surface area contributed by atoms with Gasteiger partial charge in [-0.1, -0.05) is 42.5 Å². The van der Waals surface area contributed by atoms with Crippen molar-refractivity contribution in [2.45, 2.75) is 45.8 Å². The molecule has 0 saturated heterocycles. The van der Waals surface area contributed by atoms with Crippen LogP contribution in [0.1, 0.15) is 55.6 Å². The van der Waals surface area contributed by atoms with Crippen molar-refractivity contribution in [2.24, 2.45) is 7.05 Å². The van der Waals surface area contributed by atoms with Crippen LogP contribution in [0, 0.1) is 6.92 Å². The van der Waals surface area contributed by atoms with E-state index in [0.29, 0.717) is 43.7 Å². The summed E-state index contributed by atoms with van der Waals surface area (Å²) < 4.78 is 2.00. The van der Waals surface area contributed by atoms with E-state index in [1.54, 1.807) is 0 Å². The Kier molecular flexibility index (Phi) is 8.92. The fourth-order valence-electron chi connectivity index (χ4n) is 6.84. The van der Waals surface area contributed by atoms with Gasteiger partial charge >= 0.3 is 6.09 Å². The molecular weight excluding hydrogens is 590 g/mol. The fraction of sp³-hybridized carbons (Fsp3) is 0.342. The Hall–Kier alpha value is -4.89. The molecule has 1 aromatic heterocycles. The first-order valence-corrected chi connectivity index (χ1v) is 16.2. The number of fused-ring (bicyclic) bond motifs is 2. The highest BCUT2D eigenvalue weighted by atomic mass is 16.4. The Bertz CT molecular complexity index is 1830. The van der Waals surface area contributed by atoms with E-state index < -0.39 is 6.09 Å². The van der Waals surface area contributed by atoms with Crippen LogP contribution in [0.15, 0.2) is 72.8 Å². The second-order valence-electron chi connectivity index (χ2n) is 13.1. The molecule has 0 spiro atoms. The molecule has 2 aliphatic heterocycles. The lowest BCUT2D eigenvalue weighted by Gasteiger charge is -2.36. The number of para-hydroxylation sites is 1. The Balaban J connectivity index is 1.44. The molecule has 9 heteroatoms. The number of amides is 3. The van der Waals surface area contributed by atoms with Gasteiger partial charge in [0.05, 0.1) is 5.56 Å². The first-order chi connectivity index (χ1) is 22.5. The second-order valence-corrected chi connectivity index (χ2v) is 13.1. The highest BCUT2D eigenvalue weighted by molar-refractivity contribution is 6.08. The number of anilines is 1. The third kappa shape index (κ3) is 6.27. The molecule has 6 rings (SSSR count). The van der Waals surface area contributed by atoms with Gasteiger partial charge in [-0.05, 0) is 93.4 Å². The average molecular weight is 634 g/mol. The number of aromatic nitrogens is 1. The van der Waals surface area contributed by atoms with E-state index in [2.05, 4.69) is 24.0 Å². The molecule has 0 radical (unpaired) electrons. The maximum atomic E-state index is 14.6. The lowest BCUT2D eigenvalue weighted by atomic mass is 9.90. The minimum Gasteiger partial charge on any atom is -0.465 e. The van der Waals surface area contributed by atoms with Gasteiger partial charge in [0.15, 0.2) is 0 Å². The molecule has 0 unspecified atom stereocenters. The highest BCUT2D eigenvalue weighted by Gasteiger charge is 2.32. The van der Waals surface area contributed by atoms with E-state index in [-0.39, 0.29) is 24.4 Å². The number of carbonyl (C=O) groups excluding carboxylic acids is 2. The van der Waals surface area contributed by atoms with Crippen LogP contribution in [0.25, 0.3) is 11.3 Å². The maximum Gasteiger partial charge on any atom is 0.407 e. The van der Waals surface area contributed by atoms with Crippen molar-refractivity contribution < 1.29 is 19.5 Å². The monoisotopic (exact) mass is 633 g/mol. The van der Waals surface area contributed by atoms with Crippen molar-refractivity contribution in [2.75, 3.05) is 38.6 Å². The van der Waals surface area contributed by atoms with Gasteiger partial charge in [0.1, 0.15) is 0 Å². The molecule has 3 aromatic carbocycles. The molecule has 2 aliphatic rings. The summed E-state index contributed by atoms with van der Waals surface area (Å²) in [4.78, 5) is 48.0. The topological polar surface area (TPSA) is 89.3 Å². The van der Waals surface area contributed by atoms with Crippen molar-refractivity contribution in [3.63, 3.8) is 0 Å². The van der Waals surface area contributed by atoms with E-state index in [0.717, 1.165) is 45.7 Å². The summed E-state index contributed by atoms with van der Waals surface area (Å²) in [6.07, 6.45) is 0.351. The van der Waals surface area contributed by atoms with Gasteiger partial charge < -0.3 is 29.3 Å². The average Bonchev–Trinajstić information content (AvgIpc) is 3.36. The summed E-state index contributed by atoms with van der Waals surface area (Å²) in [7, 11) is 5.92. The second kappa shape index (κ2) is 13.1. The highest BCUT2D eigenvalue weighted by Crippen LogP contribution is 2.35. The summed E-state index contributed by atoms with van der Waals surface area (Å²) in [6.45, 7) is 6.37. The lowest BCUT2D eigenvalue weighted by molar-refractivity contribution is 0.0658. The predicted octanol–water partition coefficient (Wildman–Crippen LogP) is 5.83. The number of benzene rings is 3. The SMILES string of the molecule is Cc1c(C(=O)N(CCN(C)C)c2ccccc2)cc(-c2cc3c(cc2C(=O)N2Cc4ccccc4C[C@H]2C)CN(C(=O)O)CC3)n1C. The van der Waals surface area contributed by atoms with Crippen LogP contribution in [-0.2, 0) is 33.0 Å². The number of likely N-dealkylation sites (N-methyl/N-ethyl adjacent to an activating group) is 1. The Morgan fingerprint density at radius 1 is 0.851 bits per heavy atom. The zero-order valence-electron chi connectivity index (χ0n) is 27.9. The number of nitrogens with zero attached hydrogens (tertiary/aromatic N) is 5. The van der Waals surface area contributed by atoms with Crippen LogP contribution in [0.4, 0.5) is 10.5 Å². The van der Waals surface area contributed by atoms with Gasteiger partial charge in [0, 0.05) is 74.0 Å². The third-order valence-corrected chi connectivity index (χ3v) is 9.75. The lowest BCUT2D eigenvalue weighted by Crippen LogP contribution is -2.43. The zero-order valence-corrected chi connectivity index (χ0v) is 27.9. The van der Waals surface area contributed by atoms with E-state index in [1.165, 1.54) is 10.5 Å². The third-order valence-electron chi connectivity index (χ3n) is 9.75. The number of carbonyl (C=O) groups is 3. The molecule has 1 atom stereocenters. The predicted molar refractivity (Wildman–Crippen MR) is 184 cm³/mol. The van der Waals surface area contributed by atoms with Crippen molar-refractivity contribution in [3.8, 4) is 11.3 Å². The normalized spacial score (nSPS) is 15.7. The van der Waals surface area contributed by atoms with Crippen molar-refractivity contribution in [3.05, 3.63) is 112 Å². The molecule has 3 amide bonds. The van der Waals surface area contributed by atoms with Gasteiger partial charge in [0.25, 0.3) is 11.8 Å². The first kappa shape index (κ1) is 32.1. The minimum absolute atomic E-state index is 0.0137. The van der Waals surface area contributed by atoms with Crippen molar-refractivity contribution >= 4 is 23.6 Å². The van der Waals surface area contributed by atoms with Gasteiger partial charge in [-0.25, -0.2) is 4.79 Å². The minimum atomic E-state index is -0.965. The van der Waals surface area contributed by atoms with Crippen LogP contribution in [0.5, 0.6) is 0 Å². The quantitative estimate of drug-likeness (QED) is 0.277. The van der Waals surface area contributed by atoms with Gasteiger partial charge in [-0.2, -0.15) is 0 Å². The van der Waals surface area contributed by atoms with E-state index in [4.69, 9.17) is 0 Å². The van der Waals surface area contributed by atoms with E-state index in [1.807, 2.05) is 103 Å². The summed E-state index contributed by atoms with van der Waals surface area (Å²) in [5, 5.41) is 9.73. The molecule has 4 aromatic rings. The molecule has 0 aliphatic carbocycles. The van der Waals surface area contributed by atoms with E-state index in [9.17, 15) is 19.5 Å². The molecule has 0 saturated carbocycles. The van der Waals surface area contributed by atoms with Gasteiger partial charge in [0.2, 0.25) is 0 Å². The first-order valence-electron chi connectivity index (χ1n) is 16.2. The van der Waals surface area contributed by atoms with E-state index >= 15 is 0 Å². The molecule has 0 bridgehead atoms. The summed E-state index contributed by atoms with van der Waals surface area (Å²) in [6, 6.07) is 23.8. The number of carboxylic acid groups (broad SMARTS) is 1. The molecule has 9 nitrogen and oxygen atoms in total.